The summed E-state index contributed by atoms with van der Waals surface area (Å²) in [4.78, 5) is 14.5. The Labute approximate surface area is 92.8 Å². The Morgan fingerprint density at radius 3 is 2.87 bits per heavy atom. The minimum absolute atomic E-state index is 0.0767. The lowest BCUT2D eigenvalue weighted by Gasteiger charge is -2.08. The van der Waals surface area contributed by atoms with Crippen LogP contribution in [0.25, 0.3) is 0 Å². The van der Waals surface area contributed by atoms with Gasteiger partial charge in [-0.3, -0.25) is 4.79 Å². The maximum Gasteiger partial charge on any atom is 0.303 e. The lowest BCUT2D eigenvalue weighted by molar-refractivity contribution is -0.136. The Morgan fingerprint density at radius 2 is 2.33 bits per heavy atom. The summed E-state index contributed by atoms with van der Waals surface area (Å²) < 4.78 is 5.01. The summed E-state index contributed by atoms with van der Waals surface area (Å²) in [5.74, 6) is -0.356. The van der Waals surface area contributed by atoms with Crippen molar-refractivity contribution in [2.75, 3.05) is 7.11 Å². The van der Waals surface area contributed by atoms with Crippen LogP contribution in [0.2, 0.25) is 5.15 Å². The average molecular weight is 230 g/mol. The Bertz CT molecular complexity index is 379. The Balaban J connectivity index is 2.92. The Hall–Kier alpha value is -1.29. The summed E-state index contributed by atoms with van der Waals surface area (Å²) in [7, 11) is 1.50. The first kappa shape index (κ1) is 11.8. The van der Waals surface area contributed by atoms with Crippen LogP contribution in [0.4, 0.5) is 0 Å². The highest BCUT2D eigenvalue weighted by Crippen LogP contribution is 2.25. The van der Waals surface area contributed by atoms with Crippen molar-refractivity contribution in [3.05, 3.63) is 22.5 Å². The summed E-state index contributed by atoms with van der Waals surface area (Å²) >= 11 is 5.81. The third-order valence-electron chi connectivity index (χ3n) is 2.07. The number of pyridine rings is 1. The molecule has 1 aromatic heterocycles. The second-order valence-corrected chi connectivity index (χ2v) is 3.48. The summed E-state index contributed by atoms with van der Waals surface area (Å²) in [6, 6.07) is 1.73. The second kappa shape index (κ2) is 4.98. The first-order chi connectivity index (χ1) is 7.04. The van der Waals surface area contributed by atoms with Crippen LogP contribution >= 0.6 is 11.6 Å². The van der Waals surface area contributed by atoms with Crippen LogP contribution < -0.4 is 4.74 Å². The van der Waals surface area contributed by atoms with Crippen molar-refractivity contribution in [3.8, 4) is 5.75 Å². The topological polar surface area (TPSA) is 59.4 Å². The molecule has 0 spiro atoms. The summed E-state index contributed by atoms with van der Waals surface area (Å²) in [5, 5.41) is 8.87. The first-order valence-corrected chi connectivity index (χ1v) is 4.84. The van der Waals surface area contributed by atoms with Gasteiger partial charge in [-0.05, 0) is 25.0 Å². The van der Waals surface area contributed by atoms with Crippen molar-refractivity contribution >= 4 is 17.6 Å². The molecule has 1 rings (SSSR count). The monoisotopic (exact) mass is 229 g/mol. The molecule has 0 fully saturated rings. The molecule has 0 unspecified atom stereocenters. The van der Waals surface area contributed by atoms with Gasteiger partial charge in [0.05, 0.1) is 7.11 Å². The molecule has 0 bridgehead atoms. The number of aliphatic carboxylic acids is 1. The molecule has 0 radical (unpaired) electrons. The van der Waals surface area contributed by atoms with E-state index in [4.69, 9.17) is 21.4 Å². The van der Waals surface area contributed by atoms with Gasteiger partial charge in [0.2, 0.25) is 0 Å². The van der Waals surface area contributed by atoms with E-state index in [-0.39, 0.29) is 6.42 Å². The quantitative estimate of drug-likeness (QED) is 0.803. The molecule has 82 valence electrons. The molecule has 1 N–H and O–H groups in total. The van der Waals surface area contributed by atoms with E-state index in [0.717, 1.165) is 11.3 Å². The predicted molar refractivity (Wildman–Crippen MR) is 56.5 cm³/mol. The summed E-state index contributed by atoms with van der Waals surface area (Å²) in [6.07, 6.45) is 0.509. The largest absolute Gasteiger partial charge is 0.494 e. The molecule has 0 aromatic carbocycles. The van der Waals surface area contributed by atoms with E-state index in [0.29, 0.717) is 17.3 Å². The highest BCUT2D eigenvalue weighted by Gasteiger charge is 2.09. The van der Waals surface area contributed by atoms with E-state index >= 15 is 0 Å². The van der Waals surface area contributed by atoms with Crippen LogP contribution in [0.1, 0.15) is 17.7 Å². The molecule has 1 heterocycles. The number of hydrogen-bond acceptors (Lipinski definition) is 3. The molecule has 0 aliphatic rings. The van der Waals surface area contributed by atoms with Gasteiger partial charge >= 0.3 is 5.97 Å². The standard InChI is InChI=1S/C10H12ClNO3/c1-6-7(3-4-9(13)14)5-8(15-2)10(11)12-6/h5H,3-4H2,1-2H3,(H,13,14). The number of carbonyl (C=O) groups is 1. The fraction of sp³-hybridized carbons (Fsp3) is 0.400. The van der Waals surface area contributed by atoms with Gasteiger partial charge in [0.1, 0.15) is 0 Å². The fourth-order valence-corrected chi connectivity index (χ4v) is 1.49. The van der Waals surface area contributed by atoms with Crippen molar-refractivity contribution in [3.63, 3.8) is 0 Å². The molecule has 4 nitrogen and oxygen atoms in total. The van der Waals surface area contributed by atoms with Gasteiger partial charge in [-0.1, -0.05) is 11.6 Å². The number of nitrogens with zero attached hydrogens (tertiary/aromatic N) is 1. The molecule has 0 aliphatic carbocycles. The van der Waals surface area contributed by atoms with Crippen LogP contribution in [0.3, 0.4) is 0 Å². The average Bonchev–Trinajstić information content (AvgIpc) is 2.16. The number of ether oxygens (including phenoxy) is 1. The minimum Gasteiger partial charge on any atom is -0.494 e. The number of aryl methyl sites for hydroxylation is 2. The van der Waals surface area contributed by atoms with Crippen molar-refractivity contribution in [2.45, 2.75) is 19.8 Å². The van der Waals surface area contributed by atoms with Gasteiger partial charge < -0.3 is 9.84 Å². The number of carboxylic acids is 1. The van der Waals surface area contributed by atoms with Gasteiger partial charge in [-0.15, -0.1) is 0 Å². The van der Waals surface area contributed by atoms with E-state index < -0.39 is 5.97 Å². The molecule has 1 aromatic rings. The van der Waals surface area contributed by atoms with Gasteiger partial charge in [-0.2, -0.15) is 0 Å². The van der Waals surface area contributed by atoms with Crippen molar-refractivity contribution in [2.24, 2.45) is 0 Å². The highest BCUT2D eigenvalue weighted by molar-refractivity contribution is 6.30. The van der Waals surface area contributed by atoms with Crippen LogP contribution in [0.5, 0.6) is 5.75 Å². The van der Waals surface area contributed by atoms with Gasteiger partial charge in [-0.25, -0.2) is 4.98 Å². The normalized spacial score (nSPS) is 10.1. The molecule has 0 aliphatic heterocycles. The maximum absolute atomic E-state index is 10.4. The smallest absolute Gasteiger partial charge is 0.303 e. The minimum atomic E-state index is -0.830. The third kappa shape index (κ3) is 3.09. The fourth-order valence-electron chi connectivity index (χ4n) is 1.23. The molecular weight excluding hydrogens is 218 g/mol. The predicted octanol–water partition coefficient (Wildman–Crippen LogP) is 2.07. The number of halogens is 1. The van der Waals surface area contributed by atoms with E-state index in [1.165, 1.54) is 7.11 Å². The zero-order valence-corrected chi connectivity index (χ0v) is 9.34. The molecule has 5 heteroatoms. The number of hydrogen-bond donors (Lipinski definition) is 1. The van der Waals surface area contributed by atoms with E-state index in [9.17, 15) is 4.79 Å². The van der Waals surface area contributed by atoms with Crippen molar-refractivity contribution < 1.29 is 14.6 Å². The van der Waals surface area contributed by atoms with Crippen LogP contribution in [0, 0.1) is 6.92 Å². The van der Waals surface area contributed by atoms with Gasteiger partial charge in [0.25, 0.3) is 0 Å². The third-order valence-corrected chi connectivity index (χ3v) is 2.34. The first-order valence-electron chi connectivity index (χ1n) is 4.46. The summed E-state index contributed by atoms with van der Waals surface area (Å²) in [5.41, 5.74) is 1.58. The zero-order valence-electron chi connectivity index (χ0n) is 8.58. The molecule has 0 atom stereocenters. The van der Waals surface area contributed by atoms with Gasteiger partial charge in [0.15, 0.2) is 10.9 Å². The number of aromatic nitrogens is 1. The highest BCUT2D eigenvalue weighted by atomic mass is 35.5. The molecule has 15 heavy (non-hydrogen) atoms. The SMILES string of the molecule is COc1cc(CCC(=O)O)c(C)nc1Cl. The van der Waals surface area contributed by atoms with Gasteiger partial charge in [0, 0.05) is 12.1 Å². The number of carboxylic acid groups (broad SMARTS) is 1. The Kier molecular flexibility index (Phi) is 3.91. The number of methoxy groups -OCH3 is 1. The number of rotatable bonds is 4. The molecule has 0 saturated heterocycles. The molecular formula is C10H12ClNO3. The lowest BCUT2D eigenvalue weighted by Crippen LogP contribution is -2.01. The van der Waals surface area contributed by atoms with Crippen LogP contribution in [-0.4, -0.2) is 23.2 Å². The van der Waals surface area contributed by atoms with E-state index in [1.54, 1.807) is 13.0 Å². The van der Waals surface area contributed by atoms with Crippen LogP contribution in [-0.2, 0) is 11.2 Å². The van der Waals surface area contributed by atoms with Crippen molar-refractivity contribution in [1.82, 2.24) is 4.98 Å². The molecule has 0 amide bonds. The van der Waals surface area contributed by atoms with Crippen LogP contribution in [0.15, 0.2) is 6.07 Å². The zero-order chi connectivity index (χ0) is 11.4. The maximum atomic E-state index is 10.4. The summed E-state index contributed by atoms with van der Waals surface area (Å²) in [6.45, 7) is 1.79. The second-order valence-electron chi connectivity index (χ2n) is 3.12. The van der Waals surface area contributed by atoms with E-state index in [1.807, 2.05) is 0 Å². The lowest BCUT2D eigenvalue weighted by atomic mass is 10.1. The molecule has 0 saturated carbocycles. The van der Waals surface area contributed by atoms with E-state index in [2.05, 4.69) is 4.98 Å². The van der Waals surface area contributed by atoms with Crippen molar-refractivity contribution in [1.29, 1.82) is 0 Å². The Morgan fingerprint density at radius 1 is 1.67 bits per heavy atom.